The van der Waals surface area contributed by atoms with Crippen LogP contribution in [0.2, 0.25) is 0 Å². The van der Waals surface area contributed by atoms with Gasteiger partial charge in [-0.3, -0.25) is 0 Å². The Labute approximate surface area is 118 Å². The lowest BCUT2D eigenvalue weighted by Crippen LogP contribution is -2.18. The fourth-order valence-electron chi connectivity index (χ4n) is 2.01. The maximum absolute atomic E-state index is 8.99. The van der Waals surface area contributed by atoms with Crippen LogP contribution in [0, 0.1) is 29.6 Å². The molecule has 0 aliphatic carbocycles. The highest BCUT2D eigenvalue weighted by Gasteiger charge is 2.06. The van der Waals surface area contributed by atoms with E-state index in [2.05, 4.69) is 17.1 Å². The molecule has 0 saturated heterocycles. The minimum atomic E-state index is 0.602. The maximum atomic E-state index is 8.99. The summed E-state index contributed by atoms with van der Waals surface area (Å²) in [5.41, 5.74) is 3.10. The van der Waals surface area contributed by atoms with Crippen molar-refractivity contribution in [2.45, 2.75) is 13.5 Å². The molecule has 0 saturated carbocycles. The molecular weight excluding hydrogens is 248 g/mol. The van der Waals surface area contributed by atoms with Gasteiger partial charge in [0.05, 0.1) is 23.3 Å². The molecule has 4 nitrogen and oxygen atoms in total. The second-order valence-corrected chi connectivity index (χ2v) is 4.64. The number of pyridine rings is 1. The highest BCUT2D eigenvalue weighted by Crippen LogP contribution is 2.16. The summed E-state index contributed by atoms with van der Waals surface area (Å²) in [6, 6.07) is 15.3. The summed E-state index contributed by atoms with van der Waals surface area (Å²) < 4.78 is 0. The number of nitrogens with zero attached hydrogens (tertiary/aromatic N) is 4. The van der Waals surface area contributed by atoms with E-state index in [9.17, 15) is 0 Å². The molecular formula is C16H14N4. The summed E-state index contributed by atoms with van der Waals surface area (Å²) in [5.74, 6) is 0.754. The van der Waals surface area contributed by atoms with Crippen LogP contribution in [-0.4, -0.2) is 12.0 Å². The first kappa shape index (κ1) is 13.6. The van der Waals surface area contributed by atoms with Crippen LogP contribution < -0.4 is 4.90 Å². The third-order valence-corrected chi connectivity index (χ3v) is 2.94. The third kappa shape index (κ3) is 3.13. The van der Waals surface area contributed by atoms with Gasteiger partial charge in [0.1, 0.15) is 5.82 Å². The van der Waals surface area contributed by atoms with E-state index in [-0.39, 0.29) is 0 Å². The van der Waals surface area contributed by atoms with Gasteiger partial charge in [0.25, 0.3) is 0 Å². The van der Waals surface area contributed by atoms with Gasteiger partial charge in [-0.1, -0.05) is 12.1 Å². The first-order valence-corrected chi connectivity index (χ1v) is 6.21. The first-order chi connectivity index (χ1) is 9.62. The Morgan fingerprint density at radius 2 is 1.85 bits per heavy atom. The average Bonchev–Trinajstić information content (AvgIpc) is 2.46. The molecule has 2 aromatic rings. The summed E-state index contributed by atoms with van der Waals surface area (Å²) in [7, 11) is 1.92. The fourth-order valence-corrected chi connectivity index (χ4v) is 2.01. The molecule has 0 spiro atoms. The van der Waals surface area contributed by atoms with Gasteiger partial charge in [-0.2, -0.15) is 10.5 Å². The van der Waals surface area contributed by atoms with Crippen molar-refractivity contribution in [3.05, 3.63) is 58.8 Å². The lowest BCUT2D eigenvalue weighted by molar-refractivity contribution is 0.891. The molecule has 4 heteroatoms. The van der Waals surface area contributed by atoms with Crippen LogP contribution in [0.25, 0.3) is 0 Å². The predicted octanol–water partition coefficient (Wildman–Crippen LogP) is 2.77. The zero-order valence-electron chi connectivity index (χ0n) is 11.5. The number of anilines is 1. The summed E-state index contributed by atoms with van der Waals surface area (Å²) >= 11 is 0. The van der Waals surface area contributed by atoms with Crippen LogP contribution in [0.5, 0.6) is 0 Å². The molecule has 0 aliphatic rings. The average molecular weight is 262 g/mol. The molecule has 20 heavy (non-hydrogen) atoms. The van der Waals surface area contributed by atoms with Crippen LogP contribution in [0.15, 0.2) is 36.4 Å². The Balaban J connectivity index is 2.24. The van der Waals surface area contributed by atoms with E-state index in [1.54, 1.807) is 18.2 Å². The zero-order valence-corrected chi connectivity index (χ0v) is 11.5. The van der Waals surface area contributed by atoms with Crippen molar-refractivity contribution in [1.82, 2.24) is 4.98 Å². The normalized spacial score (nSPS) is 9.60. The Morgan fingerprint density at radius 1 is 1.10 bits per heavy atom. The molecule has 1 aromatic heterocycles. The SMILES string of the molecule is Cc1cc(C#N)cc(N(C)Cc2cccc(C#N)c2)n1. The van der Waals surface area contributed by atoms with Gasteiger partial charge in [0, 0.05) is 19.3 Å². The summed E-state index contributed by atoms with van der Waals surface area (Å²) in [6.45, 7) is 2.51. The Bertz CT molecular complexity index is 707. The van der Waals surface area contributed by atoms with Crippen molar-refractivity contribution in [2.24, 2.45) is 0 Å². The number of hydrogen-bond donors (Lipinski definition) is 0. The third-order valence-electron chi connectivity index (χ3n) is 2.94. The second-order valence-electron chi connectivity index (χ2n) is 4.64. The van der Waals surface area contributed by atoms with Crippen LogP contribution in [-0.2, 0) is 6.54 Å². The topological polar surface area (TPSA) is 63.7 Å². The summed E-state index contributed by atoms with van der Waals surface area (Å²) in [6.07, 6.45) is 0. The molecule has 0 N–H and O–H groups in total. The lowest BCUT2D eigenvalue weighted by atomic mass is 10.1. The standard InChI is InChI=1S/C16H14N4/c1-12-6-15(10-18)8-16(19-12)20(2)11-14-5-3-4-13(7-14)9-17/h3-8H,11H2,1-2H3. The summed E-state index contributed by atoms with van der Waals surface area (Å²) in [4.78, 5) is 6.39. The van der Waals surface area contributed by atoms with Gasteiger partial charge in [0.2, 0.25) is 0 Å². The molecule has 0 bridgehead atoms. The van der Waals surface area contributed by atoms with Crippen LogP contribution in [0.4, 0.5) is 5.82 Å². The van der Waals surface area contributed by atoms with E-state index in [1.165, 1.54) is 0 Å². The number of rotatable bonds is 3. The van der Waals surface area contributed by atoms with Gasteiger partial charge in [-0.25, -0.2) is 4.98 Å². The van der Waals surface area contributed by atoms with Gasteiger partial charge in [0.15, 0.2) is 0 Å². The lowest BCUT2D eigenvalue weighted by Gasteiger charge is -2.19. The minimum Gasteiger partial charge on any atom is -0.355 e. The number of aromatic nitrogens is 1. The van der Waals surface area contributed by atoms with E-state index in [0.29, 0.717) is 17.7 Å². The predicted molar refractivity (Wildman–Crippen MR) is 77.0 cm³/mol. The van der Waals surface area contributed by atoms with Crippen molar-refractivity contribution in [2.75, 3.05) is 11.9 Å². The van der Waals surface area contributed by atoms with Gasteiger partial charge in [-0.15, -0.1) is 0 Å². The highest BCUT2D eigenvalue weighted by atomic mass is 15.2. The quantitative estimate of drug-likeness (QED) is 0.853. The van der Waals surface area contributed by atoms with Gasteiger partial charge in [-0.05, 0) is 36.8 Å². The summed E-state index contributed by atoms with van der Waals surface area (Å²) in [5, 5.41) is 17.9. The van der Waals surface area contributed by atoms with E-state index in [0.717, 1.165) is 17.1 Å². The van der Waals surface area contributed by atoms with Crippen LogP contribution in [0.3, 0.4) is 0 Å². The molecule has 0 atom stereocenters. The van der Waals surface area contributed by atoms with Crippen LogP contribution >= 0.6 is 0 Å². The largest absolute Gasteiger partial charge is 0.355 e. The smallest absolute Gasteiger partial charge is 0.130 e. The number of nitriles is 2. The minimum absolute atomic E-state index is 0.602. The molecule has 0 amide bonds. The molecule has 0 aliphatic heterocycles. The molecule has 0 unspecified atom stereocenters. The van der Waals surface area contributed by atoms with Crippen molar-refractivity contribution >= 4 is 5.82 Å². The van der Waals surface area contributed by atoms with Crippen molar-refractivity contribution in [3.63, 3.8) is 0 Å². The number of hydrogen-bond acceptors (Lipinski definition) is 4. The maximum Gasteiger partial charge on any atom is 0.130 e. The zero-order chi connectivity index (χ0) is 14.5. The van der Waals surface area contributed by atoms with Crippen LogP contribution in [0.1, 0.15) is 22.4 Å². The molecule has 2 rings (SSSR count). The number of benzene rings is 1. The molecule has 0 radical (unpaired) electrons. The van der Waals surface area contributed by atoms with Crippen molar-refractivity contribution < 1.29 is 0 Å². The van der Waals surface area contributed by atoms with Crippen molar-refractivity contribution in [1.29, 1.82) is 10.5 Å². The van der Waals surface area contributed by atoms with Gasteiger partial charge >= 0.3 is 0 Å². The Kier molecular flexibility index (Phi) is 3.98. The molecule has 0 fully saturated rings. The molecule has 1 heterocycles. The van der Waals surface area contributed by atoms with E-state index < -0.39 is 0 Å². The molecule has 98 valence electrons. The van der Waals surface area contributed by atoms with E-state index in [1.807, 2.05) is 37.1 Å². The monoisotopic (exact) mass is 262 g/mol. The second kappa shape index (κ2) is 5.86. The fraction of sp³-hybridized carbons (Fsp3) is 0.188. The van der Waals surface area contributed by atoms with Gasteiger partial charge < -0.3 is 4.90 Å². The van der Waals surface area contributed by atoms with E-state index >= 15 is 0 Å². The highest BCUT2D eigenvalue weighted by molar-refractivity contribution is 5.47. The molecule has 1 aromatic carbocycles. The van der Waals surface area contributed by atoms with Crippen molar-refractivity contribution in [3.8, 4) is 12.1 Å². The Morgan fingerprint density at radius 3 is 2.55 bits per heavy atom. The number of aryl methyl sites for hydroxylation is 1. The Hall–Kier alpha value is -2.85. The first-order valence-electron chi connectivity index (χ1n) is 6.21. The van der Waals surface area contributed by atoms with E-state index in [4.69, 9.17) is 10.5 Å².